The van der Waals surface area contributed by atoms with E-state index in [1.54, 1.807) is 30.3 Å². The van der Waals surface area contributed by atoms with Crippen molar-refractivity contribution in [3.05, 3.63) is 77.5 Å². The molecule has 4 rings (SSSR count). The van der Waals surface area contributed by atoms with Crippen LogP contribution in [-0.2, 0) is 13.1 Å². The number of halogens is 1. The highest BCUT2D eigenvalue weighted by molar-refractivity contribution is 7.99. The molecule has 0 saturated carbocycles. The van der Waals surface area contributed by atoms with Crippen LogP contribution in [0, 0.1) is 5.82 Å². The second-order valence-electron chi connectivity index (χ2n) is 8.40. The van der Waals surface area contributed by atoms with Gasteiger partial charge in [-0.25, -0.2) is 14.4 Å². The summed E-state index contributed by atoms with van der Waals surface area (Å²) in [6.45, 7) is 1.67. The Balaban J connectivity index is 1.54. The van der Waals surface area contributed by atoms with Crippen molar-refractivity contribution in [3.8, 4) is 0 Å². The predicted molar refractivity (Wildman–Crippen MR) is 137 cm³/mol. The van der Waals surface area contributed by atoms with Gasteiger partial charge < -0.3 is 26.3 Å². The largest absolute Gasteiger partial charge is 0.382 e. The molecule has 36 heavy (non-hydrogen) atoms. The van der Waals surface area contributed by atoms with E-state index in [0.717, 1.165) is 34.8 Å². The van der Waals surface area contributed by atoms with Gasteiger partial charge in [0, 0.05) is 41.6 Å². The van der Waals surface area contributed by atoms with Crippen molar-refractivity contribution < 1.29 is 14.0 Å². The molecule has 2 amide bonds. The van der Waals surface area contributed by atoms with Gasteiger partial charge in [0.15, 0.2) is 11.5 Å². The summed E-state index contributed by atoms with van der Waals surface area (Å²) in [6.07, 6.45) is 3.34. The smallest absolute Gasteiger partial charge is 0.274 e. The van der Waals surface area contributed by atoms with Gasteiger partial charge >= 0.3 is 0 Å². The Morgan fingerprint density at radius 3 is 2.72 bits per heavy atom. The topological polar surface area (TPSA) is 132 Å². The van der Waals surface area contributed by atoms with E-state index in [1.165, 1.54) is 18.3 Å². The zero-order valence-electron chi connectivity index (χ0n) is 19.9. The number of benzene rings is 2. The Bertz CT molecular complexity index is 1440. The second kappa shape index (κ2) is 10.8. The third kappa shape index (κ3) is 5.64. The highest BCUT2D eigenvalue weighted by Gasteiger charge is 2.17. The fraction of sp³-hybridized carbons (Fsp3) is 0.200. The maximum Gasteiger partial charge on any atom is 0.274 e. The van der Waals surface area contributed by atoms with Gasteiger partial charge in [-0.15, -0.1) is 0 Å². The summed E-state index contributed by atoms with van der Waals surface area (Å²) in [6, 6.07) is 11.4. The summed E-state index contributed by atoms with van der Waals surface area (Å²) in [7, 11) is 3.97. The van der Waals surface area contributed by atoms with Gasteiger partial charge in [0.2, 0.25) is 5.91 Å². The Kier molecular flexibility index (Phi) is 7.51. The van der Waals surface area contributed by atoms with Gasteiger partial charge in [0.1, 0.15) is 10.8 Å². The first-order valence-corrected chi connectivity index (χ1v) is 11.9. The number of nitrogens with one attached hydrogen (secondary N) is 1. The number of fused-ring (bicyclic) bond motifs is 1. The van der Waals surface area contributed by atoms with Crippen LogP contribution in [0.2, 0.25) is 0 Å². The maximum atomic E-state index is 14.0. The fourth-order valence-electron chi connectivity index (χ4n) is 3.71. The van der Waals surface area contributed by atoms with E-state index in [9.17, 15) is 14.0 Å². The molecule has 4 aromatic rings. The summed E-state index contributed by atoms with van der Waals surface area (Å²) >= 11 is 1.15. The number of nitrogens with zero attached hydrogens (tertiary/aromatic N) is 4. The van der Waals surface area contributed by atoms with Crippen LogP contribution >= 0.6 is 11.8 Å². The number of aromatic nitrogens is 3. The number of anilines is 1. The molecule has 0 bridgehead atoms. The molecule has 0 spiro atoms. The first-order chi connectivity index (χ1) is 17.2. The maximum absolute atomic E-state index is 14.0. The van der Waals surface area contributed by atoms with Crippen LogP contribution < -0.4 is 16.8 Å². The Hall–Kier alpha value is -3.96. The van der Waals surface area contributed by atoms with Crippen molar-refractivity contribution in [2.24, 2.45) is 5.73 Å². The molecular formula is C25H26FN7O2S. The standard InChI is InChI=1S/C25H26FN7O2S/c1-32(2)9-10-33-14-15(18-11-16(26)7-8-19(18)33)12-30-25(35)22-23(27)29-13-21(31-22)36-20-6-4-3-5-17(20)24(28)34/h3-8,11,13-14H,9-10,12H2,1-2H3,(H2,27,29)(H2,28,34)(H,30,35). The predicted octanol–water partition coefficient (Wildman–Crippen LogP) is 2.89. The number of hydrogen-bond donors (Lipinski definition) is 3. The van der Waals surface area contributed by atoms with E-state index in [1.807, 2.05) is 24.9 Å². The van der Waals surface area contributed by atoms with Crippen molar-refractivity contribution in [1.82, 2.24) is 24.8 Å². The molecule has 5 N–H and O–H groups in total. The van der Waals surface area contributed by atoms with Crippen molar-refractivity contribution in [2.45, 2.75) is 23.0 Å². The molecule has 9 nitrogen and oxygen atoms in total. The number of amides is 2. The summed E-state index contributed by atoms with van der Waals surface area (Å²) < 4.78 is 16.0. The number of carbonyl (C=O) groups is 2. The molecule has 2 heterocycles. The summed E-state index contributed by atoms with van der Waals surface area (Å²) in [4.78, 5) is 35.8. The summed E-state index contributed by atoms with van der Waals surface area (Å²) in [5, 5.41) is 3.92. The van der Waals surface area contributed by atoms with Crippen LogP contribution in [0.15, 0.2) is 64.8 Å². The lowest BCUT2D eigenvalue weighted by Crippen LogP contribution is -2.25. The Labute approximate surface area is 211 Å². The normalized spacial score (nSPS) is 11.2. The third-order valence-corrected chi connectivity index (χ3v) is 6.50. The highest BCUT2D eigenvalue weighted by Crippen LogP contribution is 2.29. The van der Waals surface area contributed by atoms with Crippen LogP contribution in [0.5, 0.6) is 0 Å². The van der Waals surface area contributed by atoms with Gasteiger partial charge in [-0.1, -0.05) is 23.9 Å². The number of carbonyl (C=O) groups excluding carboxylic acids is 2. The van der Waals surface area contributed by atoms with Crippen molar-refractivity contribution in [3.63, 3.8) is 0 Å². The number of rotatable bonds is 9. The number of likely N-dealkylation sites (N-methyl/N-ethyl adjacent to an activating group) is 1. The lowest BCUT2D eigenvalue weighted by Gasteiger charge is -2.11. The van der Waals surface area contributed by atoms with E-state index < -0.39 is 11.8 Å². The van der Waals surface area contributed by atoms with Gasteiger partial charge in [0.05, 0.1) is 11.8 Å². The Morgan fingerprint density at radius 2 is 1.97 bits per heavy atom. The number of nitrogen functional groups attached to an aromatic ring is 1. The lowest BCUT2D eigenvalue weighted by molar-refractivity contribution is 0.0944. The SMILES string of the molecule is CN(C)CCn1cc(CNC(=O)c2nc(Sc3ccccc3C(N)=O)cnc2N)c2cc(F)ccc21. The van der Waals surface area contributed by atoms with Crippen LogP contribution in [0.4, 0.5) is 10.2 Å². The van der Waals surface area contributed by atoms with E-state index in [4.69, 9.17) is 11.5 Å². The molecule has 0 aliphatic rings. The first kappa shape index (κ1) is 25.1. The van der Waals surface area contributed by atoms with Crippen molar-refractivity contribution >= 4 is 40.3 Å². The van der Waals surface area contributed by atoms with Gasteiger partial charge in [0.25, 0.3) is 5.91 Å². The number of primary amides is 1. The molecule has 186 valence electrons. The monoisotopic (exact) mass is 507 g/mol. The van der Waals surface area contributed by atoms with Crippen molar-refractivity contribution in [2.75, 3.05) is 26.4 Å². The molecule has 11 heteroatoms. The minimum atomic E-state index is -0.569. The first-order valence-electron chi connectivity index (χ1n) is 11.1. The molecule has 0 atom stereocenters. The van der Waals surface area contributed by atoms with Crippen LogP contribution in [-0.4, -0.2) is 51.9 Å². The lowest BCUT2D eigenvalue weighted by atomic mass is 10.1. The molecule has 0 unspecified atom stereocenters. The molecule has 2 aromatic heterocycles. The van der Waals surface area contributed by atoms with Crippen LogP contribution in [0.1, 0.15) is 26.4 Å². The van der Waals surface area contributed by atoms with E-state index >= 15 is 0 Å². The minimum absolute atomic E-state index is 0.0282. The third-order valence-electron chi connectivity index (χ3n) is 5.51. The minimum Gasteiger partial charge on any atom is -0.382 e. The highest BCUT2D eigenvalue weighted by atomic mass is 32.2. The van der Waals surface area contributed by atoms with Gasteiger partial charge in [-0.05, 0) is 50.0 Å². The molecular weight excluding hydrogens is 481 g/mol. The summed E-state index contributed by atoms with van der Waals surface area (Å²) in [5.41, 5.74) is 13.3. The van der Waals surface area contributed by atoms with Crippen molar-refractivity contribution in [1.29, 1.82) is 0 Å². The van der Waals surface area contributed by atoms with Gasteiger partial charge in [-0.3, -0.25) is 9.59 Å². The molecule has 2 aromatic carbocycles. The van der Waals surface area contributed by atoms with E-state index in [0.29, 0.717) is 22.0 Å². The van der Waals surface area contributed by atoms with Gasteiger partial charge in [-0.2, -0.15) is 0 Å². The zero-order valence-corrected chi connectivity index (χ0v) is 20.7. The number of nitrogens with two attached hydrogens (primary N) is 2. The molecule has 0 fully saturated rings. The average Bonchev–Trinajstić information content (AvgIpc) is 3.19. The number of hydrogen-bond acceptors (Lipinski definition) is 7. The fourth-order valence-corrected chi connectivity index (χ4v) is 4.60. The molecule has 0 aliphatic heterocycles. The average molecular weight is 508 g/mol. The van der Waals surface area contributed by atoms with E-state index in [-0.39, 0.29) is 23.9 Å². The second-order valence-corrected chi connectivity index (χ2v) is 9.46. The molecule has 0 radical (unpaired) electrons. The summed E-state index contributed by atoms with van der Waals surface area (Å²) in [5.74, 6) is -1.46. The van der Waals surface area contributed by atoms with Crippen LogP contribution in [0.25, 0.3) is 10.9 Å². The van der Waals surface area contributed by atoms with E-state index in [2.05, 4.69) is 20.2 Å². The van der Waals surface area contributed by atoms with Crippen LogP contribution in [0.3, 0.4) is 0 Å². The molecule has 0 aliphatic carbocycles. The Morgan fingerprint density at radius 1 is 1.19 bits per heavy atom. The molecule has 0 saturated heterocycles. The zero-order chi connectivity index (χ0) is 25.8. The quantitative estimate of drug-likeness (QED) is 0.317.